The minimum absolute atomic E-state index is 0.0494. The molecule has 0 bridgehead atoms. The number of sulfonamides is 1. The maximum absolute atomic E-state index is 13.5. The van der Waals surface area contributed by atoms with Gasteiger partial charge in [-0.3, -0.25) is 4.72 Å². The van der Waals surface area contributed by atoms with Crippen LogP contribution in [-0.2, 0) is 15.8 Å². The number of anilines is 1. The van der Waals surface area contributed by atoms with Gasteiger partial charge < -0.3 is 0 Å². The van der Waals surface area contributed by atoms with E-state index >= 15 is 0 Å². The number of nitriles is 1. The summed E-state index contributed by atoms with van der Waals surface area (Å²) in [6.07, 6.45) is 0. The summed E-state index contributed by atoms with van der Waals surface area (Å²) in [6, 6.07) is 22.7. The van der Waals surface area contributed by atoms with Crippen molar-refractivity contribution in [1.29, 1.82) is 5.26 Å². The van der Waals surface area contributed by atoms with Gasteiger partial charge >= 0.3 is 0 Å². The summed E-state index contributed by atoms with van der Waals surface area (Å²) in [5.74, 6) is -0.382. The minimum Gasteiger partial charge on any atom is -0.277 e. The van der Waals surface area contributed by atoms with Crippen molar-refractivity contribution in [2.45, 2.75) is 15.7 Å². The first-order valence-corrected chi connectivity index (χ1v) is 12.5. The van der Waals surface area contributed by atoms with Crippen LogP contribution < -0.4 is 4.72 Å². The van der Waals surface area contributed by atoms with Crippen molar-refractivity contribution in [2.75, 3.05) is 4.72 Å². The zero-order chi connectivity index (χ0) is 24.1. The topological polar surface area (TPSA) is 82.9 Å². The Bertz CT molecular complexity index is 1450. The lowest BCUT2D eigenvalue weighted by molar-refractivity contribution is 0.601. The van der Waals surface area contributed by atoms with Gasteiger partial charge in [0.1, 0.15) is 22.7 Å². The summed E-state index contributed by atoms with van der Waals surface area (Å²) in [7, 11) is -3.96. The molecule has 3 aromatic carbocycles. The molecule has 0 radical (unpaired) electrons. The monoisotopic (exact) mass is 493 g/mol. The van der Waals surface area contributed by atoms with Crippen LogP contribution in [0.15, 0.2) is 94.9 Å². The van der Waals surface area contributed by atoms with E-state index in [4.69, 9.17) is 0 Å². The maximum Gasteiger partial charge on any atom is 0.261 e. The van der Waals surface area contributed by atoms with Gasteiger partial charge in [-0.25, -0.2) is 22.2 Å². The molecule has 0 saturated carbocycles. The molecule has 4 aromatic rings. The van der Waals surface area contributed by atoms with Crippen LogP contribution in [0, 0.1) is 23.0 Å². The average Bonchev–Trinajstić information content (AvgIpc) is 2.85. The molecule has 1 aromatic heterocycles. The van der Waals surface area contributed by atoms with Crippen LogP contribution in [0.2, 0.25) is 0 Å². The first-order valence-electron chi connectivity index (χ1n) is 10.0. The highest BCUT2D eigenvalue weighted by molar-refractivity contribution is 7.98. The van der Waals surface area contributed by atoms with E-state index in [1.165, 1.54) is 66.4 Å². The van der Waals surface area contributed by atoms with Gasteiger partial charge in [-0.15, -0.1) is 11.8 Å². The molecule has 0 saturated heterocycles. The molecule has 1 N–H and O–H groups in total. The lowest BCUT2D eigenvalue weighted by Crippen LogP contribution is -2.14. The lowest BCUT2D eigenvalue weighted by Gasteiger charge is -2.15. The minimum atomic E-state index is -3.96. The third-order valence-corrected chi connectivity index (χ3v) is 7.26. The number of hydrogen-bond acceptors (Lipinski definition) is 5. The number of nitrogens with one attached hydrogen (secondary N) is 1. The van der Waals surface area contributed by atoms with Gasteiger partial charge in [0.15, 0.2) is 0 Å². The standard InChI is InChI=1S/C25H17F2N3O2S2/c26-20-10-6-17(7-11-20)16-33-25-19(15-28)14-23(24(29-25)18-8-12-21(27)13-9-18)30-34(31,32)22-4-2-1-3-5-22/h1-14,30H,16H2. The number of nitrogens with zero attached hydrogens (tertiary/aromatic N) is 2. The van der Waals surface area contributed by atoms with Gasteiger partial charge in [-0.05, 0) is 60.2 Å². The predicted molar refractivity (Wildman–Crippen MR) is 128 cm³/mol. The van der Waals surface area contributed by atoms with E-state index in [1.807, 2.05) is 0 Å². The van der Waals surface area contributed by atoms with E-state index in [0.29, 0.717) is 16.3 Å². The maximum atomic E-state index is 13.5. The van der Waals surface area contributed by atoms with Crippen LogP contribution in [0.25, 0.3) is 11.3 Å². The van der Waals surface area contributed by atoms with Crippen molar-refractivity contribution >= 4 is 27.5 Å². The molecule has 0 fully saturated rings. The molecule has 0 aliphatic carbocycles. The second-order valence-electron chi connectivity index (χ2n) is 7.19. The average molecular weight is 494 g/mol. The Morgan fingerprint density at radius 2 is 1.53 bits per heavy atom. The zero-order valence-electron chi connectivity index (χ0n) is 17.6. The molecule has 0 aliphatic rings. The van der Waals surface area contributed by atoms with Gasteiger partial charge in [0.2, 0.25) is 0 Å². The van der Waals surface area contributed by atoms with Gasteiger partial charge in [-0.2, -0.15) is 5.26 Å². The first kappa shape index (κ1) is 23.4. The quantitative estimate of drug-likeness (QED) is 0.320. The smallest absolute Gasteiger partial charge is 0.261 e. The molecule has 9 heteroatoms. The Morgan fingerprint density at radius 1 is 0.912 bits per heavy atom. The van der Waals surface area contributed by atoms with Gasteiger partial charge in [0.05, 0.1) is 21.8 Å². The van der Waals surface area contributed by atoms with Gasteiger partial charge in [-0.1, -0.05) is 30.3 Å². The van der Waals surface area contributed by atoms with Crippen LogP contribution in [0.4, 0.5) is 14.5 Å². The summed E-state index contributed by atoms with van der Waals surface area (Å²) in [5.41, 5.74) is 1.82. The molecule has 0 amide bonds. The number of pyridine rings is 1. The summed E-state index contributed by atoms with van der Waals surface area (Å²) >= 11 is 1.26. The molecule has 0 atom stereocenters. The van der Waals surface area contributed by atoms with Gasteiger partial charge in [0, 0.05) is 11.3 Å². The van der Waals surface area contributed by atoms with Crippen LogP contribution in [0.1, 0.15) is 11.1 Å². The van der Waals surface area contributed by atoms with Crippen molar-refractivity contribution < 1.29 is 17.2 Å². The molecule has 4 rings (SSSR count). The highest BCUT2D eigenvalue weighted by Gasteiger charge is 2.20. The molecule has 5 nitrogen and oxygen atoms in total. The first-order chi connectivity index (χ1) is 16.4. The fourth-order valence-corrected chi connectivity index (χ4v) is 5.12. The summed E-state index contributed by atoms with van der Waals surface area (Å²) in [4.78, 5) is 4.62. The fraction of sp³-hybridized carbons (Fsp3) is 0.0400. The normalized spacial score (nSPS) is 11.1. The van der Waals surface area contributed by atoms with E-state index in [0.717, 1.165) is 5.56 Å². The molecular weight excluding hydrogens is 476 g/mol. The molecule has 1 heterocycles. The Hall–Kier alpha value is -3.74. The van der Waals surface area contributed by atoms with E-state index in [-0.39, 0.29) is 27.7 Å². The molecule has 170 valence electrons. The number of thioether (sulfide) groups is 1. The Balaban J connectivity index is 1.76. The lowest BCUT2D eigenvalue weighted by atomic mass is 10.1. The number of rotatable bonds is 7. The zero-order valence-corrected chi connectivity index (χ0v) is 19.2. The number of halogens is 2. The molecule has 0 aliphatic heterocycles. The van der Waals surface area contributed by atoms with Crippen LogP contribution in [0.3, 0.4) is 0 Å². The van der Waals surface area contributed by atoms with Crippen molar-refractivity contribution in [3.05, 3.63) is 108 Å². The van der Waals surface area contributed by atoms with Crippen LogP contribution in [0.5, 0.6) is 0 Å². The Kier molecular flexibility index (Phi) is 6.91. The molecular formula is C25H17F2N3O2S2. The van der Waals surface area contributed by atoms with E-state index in [1.54, 1.807) is 30.3 Å². The second-order valence-corrected chi connectivity index (χ2v) is 9.84. The third kappa shape index (κ3) is 5.42. The fourth-order valence-electron chi connectivity index (χ4n) is 3.13. The Labute approximate surface area is 200 Å². The largest absolute Gasteiger partial charge is 0.277 e. The van der Waals surface area contributed by atoms with Gasteiger partial charge in [0.25, 0.3) is 10.0 Å². The van der Waals surface area contributed by atoms with Crippen molar-refractivity contribution in [3.8, 4) is 17.3 Å². The molecule has 0 spiro atoms. The second kappa shape index (κ2) is 10.0. The van der Waals surface area contributed by atoms with E-state index in [9.17, 15) is 22.5 Å². The third-order valence-electron chi connectivity index (χ3n) is 4.81. The summed E-state index contributed by atoms with van der Waals surface area (Å²) < 4.78 is 55.1. The van der Waals surface area contributed by atoms with Crippen molar-refractivity contribution in [1.82, 2.24) is 4.98 Å². The summed E-state index contributed by atoms with van der Waals surface area (Å²) in [6.45, 7) is 0. The number of hydrogen-bond donors (Lipinski definition) is 1. The van der Waals surface area contributed by atoms with E-state index in [2.05, 4.69) is 15.8 Å². The van der Waals surface area contributed by atoms with Crippen molar-refractivity contribution in [3.63, 3.8) is 0 Å². The SMILES string of the molecule is N#Cc1cc(NS(=O)(=O)c2ccccc2)c(-c2ccc(F)cc2)nc1SCc1ccc(F)cc1. The Morgan fingerprint density at radius 3 is 2.15 bits per heavy atom. The van der Waals surface area contributed by atoms with Crippen LogP contribution in [-0.4, -0.2) is 13.4 Å². The highest BCUT2D eigenvalue weighted by atomic mass is 32.2. The molecule has 34 heavy (non-hydrogen) atoms. The highest BCUT2D eigenvalue weighted by Crippen LogP contribution is 2.34. The predicted octanol–water partition coefficient (Wildman–Crippen LogP) is 5.99. The number of benzene rings is 3. The van der Waals surface area contributed by atoms with Crippen LogP contribution >= 0.6 is 11.8 Å². The van der Waals surface area contributed by atoms with E-state index < -0.39 is 15.8 Å². The van der Waals surface area contributed by atoms with Crippen molar-refractivity contribution in [2.24, 2.45) is 0 Å². The molecule has 0 unspecified atom stereocenters. The number of aromatic nitrogens is 1. The summed E-state index contributed by atoms with van der Waals surface area (Å²) in [5, 5.41) is 10.1.